The molecule has 1 aromatic rings. The van der Waals surface area contributed by atoms with Gasteiger partial charge in [0.1, 0.15) is 4.88 Å². The maximum atomic E-state index is 11.0. The fourth-order valence-corrected chi connectivity index (χ4v) is 3.21. The SMILES string of the molecule is Cc1nc(NCC(C)N2CCCCC2)sc1C(=O)O. The molecule has 1 saturated heterocycles. The third-order valence-corrected chi connectivity index (χ3v) is 4.66. The van der Waals surface area contributed by atoms with E-state index in [1.807, 2.05) is 0 Å². The third kappa shape index (κ3) is 3.67. The number of anilines is 1. The van der Waals surface area contributed by atoms with Crippen LogP contribution >= 0.6 is 11.3 Å². The second-order valence-electron chi connectivity index (χ2n) is 5.07. The van der Waals surface area contributed by atoms with E-state index in [4.69, 9.17) is 5.11 Å². The van der Waals surface area contributed by atoms with E-state index in [1.165, 1.54) is 43.7 Å². The number of likely N-dealkylation sites (tertiary alicyclic amines) is 1. The van der Waals surface area contributed by atoms with Crippen molar-refractivity contribution in [1.29, 1.82) is 0 Å². The molecule has 0 radical (unpaired) electrons. The normalized spacial score (nSPS) is 18.2. The highest BCUT2D eigenvalue weighted by Gasteiger charge is 2.18. The molecule has 2 heterocycles. The van der Waals surface area contributed by atoms with Gasteiger partial charge in [0.25, 0.3) is 0 Å². The van der Waals surface area contributed by atoms with E-state index in [1.54, 1.807) is 6.92 Å². The minimum atomic E-state index is -0.896. The van der Waals surface area contributed by atoms with E-state index in [9.17, 15) is 4.79 Å². The molecule has 1 aliphatic heterocycles. The van der Waals surface area contributed by atoms with Gasteiger partial charge >= 0.3 is 5.97 Å². The number of rotatable bonds is 5. The second-order valence-corrected chi connectivity index (χ2v) is 6.06. The first-order chi connectivity index (χ1) is 9.08. The number of thiazole rings is 1. The van der Waals surface area contributed by atoms with E-state index in [-0.39, 0.29) is 0 Å². The Morgan fingerprint density at radius 1 is 1.47 bits per heavy atom. The summed E-state index contributed by atoms with van der Waals surface area (Å²) in [7, 11) is 0. The van der Waals surface area contributed by atoms with Gasteiger partial charge in [-0.2, -0.15) is 0 Å². The number of carboxylic acid groups (broad SMARTS) is 1. The molecule has 1 atom stereocenters. The number of carboxylic acids is 1. The number of hydrogen-bond donors (Lipinski definition) is 2. The Kier molecular flexibility index (Phi) is 4.76. The molecular formula is C13H21N3O2S. The zero-order valence-corrected chi connectivity index (χ0v) is 12.3. The lowest BCUT2D eigenvalue weighted by Gasteiger charge is -2.32. The van der Waals surface area contributed by atoms with Gasteiger partial charge in [-0.3, -0.25) is 4.90 Å². The molecule has 106 valence electrons. The molecule has 5 nitrogen and oxygen atoms in total. The van der Waals surface area contributed by atoms with Crippen molar-refractivity contribution in [3.63, 3.8) is 0 Å². The summed E-state index contributed by atoms with van der Waals surface area (Å²) in [6.07, 6.45) is 3.90. The van der Waals surface area contributed by atoms with E-state index in [0.29, 0.717) is 21.7 Å². The van der Waals surface area contributed by atoms with Crippen LogP contribution in [0.2, 0.25) is 0 Å². The zero-order valence-electron chi connectivity index (χ0n) is 11.5. The van der Waals surface area contributed by atoms with E-state index in [0.717, 1.165) is 6.54 Å². The fraction of sp³-hybridized carbons (Fsp3) is 0.692. The standard InChI is InChI=1S/C13H21N3O2S/c1-9(16-6-4-3-5-7-16)8-14-13-15-10(2)11(19-13)12(17)18/h9H,3-8H2,1-2H3,(H,14,15)(H,17,18). The first-order valence-corrected chi connectivity index (χ1v) is 7.58. The number of carbonyl (C=O) groups is 1. The zero-order chi connectivity index (χ0) is 13.8. The largest absolute Gasteiger partial charge is 0.477 e. The lowest BCUT2D eigenvalue weighted by Crippen LogP contribution is -2.41. The predicted octanol–water partition coefficient (Wildman–Crippen LogP) is 2.44. The number of aromatic carboxylic acids is 1. The summed E-state index contributed by atoms with van der Waals surface area (Å²) < 4.78 is 0. The molecule has 1 fully saturated rings. The fourth-order valence-electron chi connectivity index (χ4n) is 2.39. The average molecular weight is 283 g/mol. The monoisotopic (exact) mass is 283 g/mol. The highest BCUT2D eigenvalue weighted by Crippen LogP contribution is 2.22. The Bertz CT molecular complexity index is 441. The van der Waals surface area contributed by atoms with Crippen molar-refractivity contribution >= 4 is 22.4 Å². The summed E-state index contributed by atoms with van der Waals surface area (Å²) in [4.78, 5) is 18.0. The van der Waals surface area contributed by atoms with Crippen LogP contribution in [-0.4, -0.2) is 46.6 Å². The Balaban J connectivity index is 1.87. The van der Waals surface area contributed by atoms with Gasteiger partial charge in [-0.25, -0.2) is 9.78 Å². The molecule has 0 spiro atoms. The van der Waals surface area contributed by atoms with Gasteiger partial charge in [-0.15, -0.1) is 0 Å². The van der Waals surface area contributed by atoms with Gasteiger partial charge < -0.3 is 10.4 Å². The smallest absolute Gasteiger partial charge is 0.347 e. The number of aromatic nitrogens is 1. The summed E-state index contributed by atoms with van der Waals surface area (Å²) >= 11 is 1.22. The van der Waals surface area contributed by atoms with E-state index >= 15 is 0 Å². The van der Waals surface area contributed by atoms with Crippen molar-refractivity contribution in [3.05, 3.63) is 10.6 Å². The minimum absolute atomic E-state index is 0.327. The van der Waals surface area contributed by atoms with Crippen molar-refractivity contribution in [2.45, 2.75) is 39.2 Å². The Morgan fingerprint density at radius 2 is 2.16 bits per heavy atom. The maximum Gasteiger partial charge on any atom is 0.347 e. The van der Waals surface area contributed by atoms with Crippen molar-refractivity contribution in [1.82, 2.24) is 9.88 Å². The van der Waals surface area contributed by atoms with Crippen LogP contribution in [0.3, 0.4) is 0 Å². The molecule has 1 aromatic heterocycles. The van der Waals surface area contributed by atoms with E-state index in [2.05, 4.69) is 22.1 Å². The lowest BCUT2D eigenvalue weighted by atomic mass is 10.1. The van der Waals surface area contributed by atoms with Crippen LogP contribution < -0.4 is 5.32 Å². The second kappa shape index (κ2) is 6.34. The molecule has 0 aromatic carbocycles. The Labute approximate surface area is 117 Å². The third-order valence-electron chi connectivity index (χ3n) is 3.55. The molecule has 6 heteroatoms. The molecule has 1 unspecified atom stereocenters. The average Bonchev–Trinajstić information content (AvgIpc) is 2.78. The van der Waals surface area contributed by atoms with Crippen molar-refractivity contribution in [2.24, 2.45) is 0 Å². The summed E-state index contributed by atoms with van der Waals surface area (Å²) in [5, 5.41) is 13.0. The van der Waals surface area contributed by atoms with Crippen LogP contribution in [0.4, 0.5) is 5.13 Å². The molecular weight excluding hydrogens is 262 g/mol. The van der Waals surface area contributed by atoms with Crippen LogP contribution in [0.15, 0.2) is 0 Å². The Morgan fingerprint density at radius 3 is 2.74 bits per heavy atom. The van der Waals surface area contributed by atoms with Crippen molar-refractivity contribution in [2.75, 3.05) is 25.0 Å². The van der Waals surface area contributed by atoms with Gasteiger partial charge in [0.15, 0.2) is 5.13 Å². The van der Waals surface area contributed by atoms with Crippen LogP contribution in [0.5, 0.6) is 0 Å². The quantitative estimate of drug-likeness (QED) is 0.869. The molecule has 1 aliphatic rings. The van der Waals surface area contributed by atoms with Crippen LogP contribution in [0, 0.1) is 6.92 Å². The highest BCUT2D eigenvalue weighted by atomic mass is 32.1. The number of hydrogen-bond acceptors (Lipinski definition) is 5. The van der Waals surface area contributed by atoms with Crippen LogP contribution in [-0.2, 0) is 0 Å². The first kappa shape index (κ1) is 14.3. The summed E-state index contributed by atoms with van der Waals surface area (Å²) in [6, 6.07) is 0.456. The number of nitrogens with one attached hydrogen (secondary N) is 1. The summed E-state index contributed by atoms with van der Waals surface area (Å²) in [5.41, 5.74) is 0.589. The number of aryl methyl sites for hydroxylation is 1. The summed E-state index contributed by atoms with van der Waals surface area (Å²) in [5.74, 6) is -0.896. The first-order valence-electron chi connectivity index (χ1n) is 6.76. The van der Waals surface area contributed by atoms with Crippen LogP contribution in [0.25, 0.3) is 0 Å². The topological polar surface area (TPSA) is 65.5 Å². The van der Waals surface area contributed by atoms with Gasteiger partial charge in [0.2, 0.25) is 0 Å². The molecule has 19 heavy (non-hydrogen) atoms. The molecule has 0 saturated carbocycles. The van der Waals surface area contributed by atoms with Crippen molar-refractivity contribution in [3.8, 4) is 0 Å². The highest BCUT2D eigenvalue weighted by molar-refractivity contribution is 7.17. The van der Waals surface area contributed by atoms with Gasteiger partial charge in [-0.1, -0.05) is 17.8 Å². The lowest BCUT2D eigenvalue weighted by molar-refractivity contribution is 0.0701. The molecule has 2 rings (SSSR count). The molecule has 2 N–H and O–H groups in total. The van der Waals surface area contributed by atoms with Crippen molar-refractivity contribution < 1.29 is 9.90 Å². The number of piperidine rings is 1. The molecule has 0 amide bonds. The number of nitrogens with zero attached hydrogens (tertiary/aromatic N) is 2. The van der Waals surface area contributed by atoms with Gasteiger partial charge in [0.05, 0.1) is 5.69 Å². The van der Waals surface area contributed by atoms with E-state index < -0.39 is 5.97 Å². The van der Waals surface area contributed by atoms with Gasteiger partial charge in [0, 0.05) is 12.6 Å². The Hall–Kier alpha value is -1.14. The molecule has 0 bridgehead atoms. The maximum absolute atomic E-state index is 11.0. The molecule has 0 aliphatic carbocycles. The van der Waals surface area contributed by atoms with Gasteiger partial charge in [-0.05, 0) is 39.8 Å². The summed E-state index contributed by atoms with van der Waals surface area (Å²) in [6.45, 7) is 7.09. The minimum Gasteiger partial charge on any atom is -0.477 e. The predicted molar refractivity (Wildman–Crippen MR) is 77.2 cm³/mol. The van der Waals surface area contributed by atoms with Crippen LogP contribution in [0.1, 0.15) is 41.6 Å².